The zero-order chi connectivity index (χ0) is 15.6. The average molecular weight is 297 g/mol. The smallest absolute Gasteiger partial charge is 0.410 e. The number of hydrogen-bond acceptors (Lipinski definition) is 4. The number of nitrogens with zero attached hydrogens (tertiary/aromatic N) is 3. The van der Waals surface area contributed by atoms with Crippen molar-refractivity contribution in [2.45, 2.75) is 45.3 Å². The van der Waals surface area contributed by atoms with E-state index in [2.05, 4.69) is 11.9 Å². The molecule has 2 saturated heterocycles. The van der Waals surface area contributed by atoms with Crippen molar-refractivity contribution < 1.29 is 14.3 Å². The van der Waals surface area contributed by atoms with Crippen LogP contribution in [0.3, 0.4) is 0 Å². The number of rotatable bonds is 1. The largest absolute Gasteiger partial charge is 0.444 e. The van der Waals surface area contributed by atoms with Crippen molar-refractivity contribution >= 4 is 12.0 Å². The van der Waals surface area contributed by atoms with Crippen molar-refractivity contribution in [1.29, 1.82) is 0 Å². The topological polar surface area (TPSA) is 53.1 Å². The average Bonchev–Trinajstić information content (AvgIpc) is 2.86. The molecule has 2 fully saturated rings. The van der Waals surface area contributed by atoms with Gasteiger partial charge >= 0.3 is 6.09 Å². The van der Waals surface area contributed by atoms with Crippen LogP contribution in [-0.4, -0.2) is 78.1 Å². The van der Waals surface area contributed by atoms with Gasteiger partial charge in [0.2, 0.25) is 5.91 Å². The molecule has 2 rings (SSSR count). The quantitative estimate of drug-likeness (QED) is 0.729. The molecule has 2 amide bonds. The van der Waals surface area contributed by atoms with Crippen LogP contribution in [0.1, 0.15) is 33.6 Å². The summed E-state index contributed by atoms with van der Waals surface area (Å²) in [6, 6.07) is -0.344. The van der Waals surface area contributed by atoms with Gasteiger partial charge in [-0.2, -0.15) is 0 Å². The molecular weight excluding hydrogens is 270 g/mol. The second kappa shape index (κ2) is 6.22. The highest BCUT2D eigenvalue weighted by molar-refractivity contribution is 5.86. The van der Waals surface area contributed by atoms with Crippen molar-refractivity contribution in [3.05, 3.63) is 0 Å². The van der Waals surface area contributed by atoms with Gasteiger partial charge in [0.15, 0.2) is 0 Å². The molecule has 0 unspecified atom stereocenters. The Morgan fingerprint density at radius 2 is 1.67 bits per heavy atom. The number of carbonyl (C=O) groups is 2. The minimum atomic E-state index is -0.527. The normalized spacial score (nSPS) is 24.3. The molecule has 6 nitrogen and oxygen atoms in total. The van der Waals surface area contributed by atoms with Crippen molar-refractivity contribution in [3.63, 3.8) is 0 Å². The number of amides is 2. The van der Waals surface area contributed by atoms with Gasteiger partial charge in [-0.3, -0.25) is 9.69 Å². The molecule has 0 aromatic carbocycles. The van der Waals surface area contributed by atoms with E-state index in [-0.39, 0.29) is 18.0 Å². The fraction of sp³-hybridized carbons (Fsp3) is 0.867. The third-order valence-corrected chi connectivity index (χ3v) is 3.98. The maximum Gasteiger partial charge on any atom is 0.410 e. The van der Waals surface area contributed by atoms with Crippen LogP contribution in [0.5, 0.6) is 0 Å². The summed E-state index contributed by atoms with van der Waals surface area (Å²) in [6.07, 6.45) is 1.24. The van der Waals surface area contributed by atoms with E-state index in [4.69, 9.17) is 4.74 Å². The first-order chi connectivity index (χ1) is 9.78. The molecule has 0 radical (unpaired) electrons. The molecule has 0 aliphatic carbocycles. The van der Waals surface area contributed by atoms with E-state index in [1.165, 1.54) is 0 Å². The number of likely N-dealkylation sites (N-methyl/N-ethyl adjacent to an activating group) is 1. The second-order valence-corrected chi connectivity index (χ2v) is 6.96. The van der Waals surface area contributed by atoms with Gasteiger partial charge in [0, 0.05) is 32.7 Å². The molecule has 6 heteroatoms. The SMILES string of the molecule is CN1CCN(C(=O)[C@@H]2CCCN2C(=O)OC(C)(C)C)CC1. The van der Waals surface area contributed by atoms with E-state index in [0.29, 0.717) is 6.54 Å². The molecule has 0 spiro atoms. The van der Waals surface area contributed by atoms with Gasteiger partial charge in [0.25, 0.3) is 0 Å². The Morgan fingerprint density at radius 1 is 1.05 bits per heavy atom. The van der Waals surface area contributed by atoms with E-state index in [1.807, 2.05) is 25.7 Å². The molecule has 2 aliphatic heterocycles. The standard InChI is InChI=1S/C15H27N3O3/c1-15(2,3)21-14(20)18-7-5-6-12(18)13(19)17-10-8-16(4)9-11-17/h12H,5-11H2,1-4H3/t12-/m0/s1. The van der Waals surface area contributed by atoms with Crippen LogP contribution in [0.2, 0.25) is 0 Å². The number of ether oxygens (including phenoxy) is 1. The van der Waals surface area contributed by atoms with Gasteiger partial charge in [-0.25, -0.2) is 4.79 Å². The minimum Gasteiger partial charge on any atom is -0.444 e. The van der Waals surface area contributed by atoms with Gasteiger partial charge in [-0.15, -0.1) is 0 Å². The minimum absolute atomic E-state index is 0.0754. The van der Waals surface area contributed by atoms with E-state index in [0.717, 1.165) is 39.0 Å². The van der Waals surface area contributed by atoms with E-state index in [1.54, 1.807) is 4.90 Å². The lowest BCUT2D eigenvalue weighted by molar-refractivity contribution is -0.137. The zero-order valence-electron chi connectivity index (χ0n) is 13.6. The summed E-state index contributed by atoms with van der Waals surface area (Å²) in [4.78, 5) is 30.6. The Hall–Kier alpha value is -1.30. The molecule has 2 heterocycles. The predicted octanol–water partition coefficient (Wildman–Crippen LogP) is 1.16. The van der Waals surface area contributed by atoms with E-state index < -0.39 is 5.60 Å². The van der Waals surface area contributed by atoms with Gasteiger partial charge in [0.05, 0.1) is 0 Å². The summed E-state index contributed by atoms with van der Waals surface area (Å²) in [5.74, 6) is 0.0754. The van der Waals surface area contributed by atoms with Gasteiger partial charge in [-0.05, 0) is 40.7 Å². The summed E-state index contributed by atoms with van der Waals surface area (Å²) >= 11 is 0. The summed E-state index contributed by atoms with van der Waals surface area (Å²) in [5.41, 5.74) is -0.527. The lowest BCUT2D eigenvalue weighted by Crippen LogP contribution is -2.54. The fourth-order valence-corrected chi connectivity index (χ4v) is 2.80. The molecular formula is C15H27N3O3. The maximum atomic E-state index is 12.6. The second-order valence-electron chi connectivity index (χ2n) is 6.96. The van der Waals surface area contributed by atoms with Crippen LogP contribution in [-0.2, 0) is 9.53 Å². The molecule has 21 heavy (non-hydrogen) atoms. The van der Waals surface area contributed by atoms with Crippen LogP contribution in [0.15, 0.2) is 0 Å². The van der Waals surface area contributed by atoms with E-state index >= 15 is 0 Å². The van der Waals surface area contributed by atoms with Crippen LogP contribution in [0, 0.1) is 0 Å². The number of carbonyl (C=O) groups excluding carboxylic acids is 2. The highest BCUT2D eigenvalue weighted by Crippen LogP contribution is 2.22. The first-order valence-electron chi connectivity index (χ1n) is 7.75. The fourth-order valence-electron chi connectivity index (χ4n) is 2.80. The lowest BCUT2D eigenvalue weighted by atomic mass is 10.1. The molecule has 0 bridgehead atoms. The Morgan fingerprint density at radius 3 is 2.24 bits per heavy atom. The summed E-state index contributed by atoms with van der Waals surface area (Å²) in [6.45, 7) is 9.42. The molecule has 0 N–H and O–H groups in total. The first kappa shape index (κ1) is 16.1. The highest BCUT2D eigenvalue weighted by Gasteiger charge is 2.38. The van der Waals surface area contributed by atoms with Gasteiger partial charge in [-0.1, -0.05) is 0 Å². The van der Waals surface area contributed by atoms with Crippen LogP contribution < -0.4 is 0 Å². The molecule has 2 aliphatic rings. The van der Waals surface area contributed by atoms with Gasteiger partial charge in [0.1, 0.15) is 11.6 Å². The Bertz CT molecular complexity index is 397. The van der Waals surface area contributed by atoms with Crippen molar-refractivity contribution in [2.75, 3.05) is 39.8 Å². The molecule has 1 atom stereocenters. The van der Waals surface area contributed by atoms with Crippen molar-refractivity contribution in [3.8, 4) is 0 Å². The van der Waals surface area contributed by atoms with Crippen LogP contribution in [0.25, 0.3) is 0 Å². The third kappa shape index (κ3) is 4.09. The summed E-state index contributed by atoms with van der Waals surface area (Å²) in [5, 5.41) is 0. The molecule has 0 aromatic heterocycles. The third-order valence-electron chi connectivity index (χ3n) is 3.98. The van der Waals surface area contributed by atoms with Gasteiger partial charge < -0.3 is 14.5 Å². The Labute approximate surface area is 127 Å². The molecule has 0 saturated carbocycles. The monoisotopic (exact) mass is 297 g/mol. The van der Waals surface area contributed by atoms with Crippen molar-refractivity contribution in [2.24, 2.45) is 0 Å². The van der Waals surface area contributed by atoms with Crippen LogP contribution in [0.4, 0.5) is 4.79 Å². The summed E-state index contributed by atoms with van der Waals surface area (Å²) < 4.78 is 5.41. The number of hydrogen-bond donors (Lipinski definition) is 0. The zero-order valence-corrected chi connectivity index (χ0v) is 13.6. The number of likely N-dealkylation sites (tertiary alicyclic amines) is 1. The Kier molecular flexibility index (Phi) is 4.76. The number of piperazine rings is 1. The van der Waals surface area contributed by atoms with Crippen molar-refractivity contribution in [1.82, 2.24) is 14.7 Å². The highest BCUT2D eigenvalue weighted by atomic mass is 16.6. The lowest BCUT2D eigenvalue weighted by Gasteiger charge is -2.36. The van der Waals surface area contributed by atoms with E-state index in [9.17, 15) is 9.59 Å². The summed E-state index contributed by atoms with van der Waals surface area (Å²) in [7, 11) is 2.06. The Balaban J connectivity index is 1.98. The molecule has 0 aromatic rings. The van der Waals surface area contributed by atoms with Crippen LogP contribution >= 0.6 is 0 Å². The maximum absolute atomic E-state index is 12.6. The molecule has 120 valence electrons. The first-order valence-corrected chi connectivity index (χ1v) is 7.75. The predicted molar refractivity (Wildman–Crippen MR) is 80.0 cm³/mol.